The molecule has 0 saturated heterocycles. The first-order chi connectivity index (χ1) is 7.58. The van der Waals surface area contributed by atoms with Crippen LogP contribution in [0, 0.1) is 5.41 Å². The molecule has 0 radical (unpaired) electrons. The lowest BCUT2D eigenvalue weighted by atomic mass is 10.3. The van der Waals surface area contributed by atoms with Gasteiger partial charge in [0.05, 0.1) is 11.4 Å². The molecule has 1 aromatic rings. The van der Waals surface area contributed by atoms with Crippen LogP contribution in [-0.2, 0) is 0 Å². The number of nitrogens with one attached hydrogen (secondary N) is 2. The van der Waals surface area contributed by atoms with E-state index >= 15 is 0 Å². The number of halogens is 1. The van der Waals surface area contributed by atoms with Crippen molar-refractivity contribution in [2.45, 2.75) is 0 Å². The van der Waals surface area contributed by atoms with Crippen LogP contribution in [0.2, 0.25) is 0 Å². The van der Waals surface area contributed by atoms with Gasteiger partial charge in [0.15, 0.2) is 0 Å². The molecule has 0 bridgehead atoms. The molecule has 0 atom stereocenters. The van der Waals surface area contributed by atoms with Crippen molar-refractivity contribution < 1.29 is 0 Å². The van der Waals surface area contributed by atoms with E-state index in [1.807, 2.05) is 0 Å². The van der Waals surface area contributed by atoms with Crippen molar-refractivity contribution in [3.63, 3.8) is 0 Å². The molecule has 1 aromatic carbocycles. The maximum atomic E-state index is 6.86. The first-order valence-corrected chi connectivity index (χ1v) is 4.28. The molecule has 1 rings (SSSR count). The number of anilines is 1. The van der Waals surface area contributed by atoms with Gasteiger partial charge in [-0.3, -0.25) is 10.8 Å². The zero-order valence-electron chi connectivity index (χ0n) is 8.79. The number of hydrogen-bond acceptors (Lipinski definition) is 4. The van der Waals surface area contributed by atoms with Crippen molar-refractivity contribution >= 4 is 35.7 Å². The van der Waals surface area contributed by atoms with E-state index in [0.29, 0.717) is 11.4 Å². The molecule has 0 heterocycles. The maximum Gasteiger partial charge on any atom is 0.232 e. The highest BCUT2D eigenvalue weighted by Gasteiger charge is 1.92. The summed E-state index contributed by atoms with van der Waals surface area (Å²) in [6.07, 6.45) is 0. The highest BCUT2D eigenvalue weighted by Crippen LogP contribution is 2.16. The Hall–Kier alpha value is -2.35. The van der Waals surface area contributed by atoms with Crippen molar-refractivity contribution in [1.82, 2.24) is 0 Å². The van der Waals surface area contributed by atoms with E-state index in [2.05, 4.69) is 20.8 Å². The molecule has 0 unspecified atom stereocenters. The van der Waals surface area contributed by atoms with Crippen molar-refractivity contribution in [3.05, 3.63) is 24.3 Å². The van der Waals surface area contributed by atoms with E-state index in [9.17, 15) is 0 Å². The average molecular weight is 257 g/mol. The standard InChI is InChI=1S/C8H12N8.ClH/c9-7(10)15-13-5-1-2-6(4-3-5)14-16-8(11)12;/h1-4,13H,(H3,11,12)(H4,9,10,15);1H. The third-order valence-electron chi connectivity index (χ3n) is 1.45. The quantitative estimate of drug-likeness (QED) is 0.234. The number of hydrazone groups is 1. The monoisotopic (exact) mass is 256 g/mol. The number of nitrogens with zero attached hydrogens (tertiary/aromatic N) is 3. The topological polar surface area (TPSA) is 151 Å². The van der Waals surface area contributed by atoms with Crippen LogP contribution in [0.25, 0.3) is 0 Å². The van der Waals surface area contributed by atoms with Crippen LogP contribution in [0.15, 0.2) is 39.6 Å². The van der Waals surface area contributed by atoms with Gasteiger partial charge in [0, 0.05) is 0 Å². The van der Waals surface area contributed by atoms with Gasteiger partial charge in [-0.1, -0.05) is 0 Å². The number of benzene rings is 1. The SMILES string of the molecule is Cl.N=C(N)N=Nc1ccc(NN=C(N)N)cc1. The molecule has 0 amide bonds. The summed E-state index contributed by atoms with van der Waals surface area (Å²) in [7, 11) is 0. The predicted octanol–water partition coefficient (Wildman–Crippen LogP) is 0.686. The first-order valence-electron chi connectivity index (χ1n) is 4.28. The fraction of sp³-hybridized carbons (Fsp3) is 0. The fourth-order valence-corrected chi connectivity index (χ4v) is 0.843. The van der Waals surface area contributed by atoms with E-state index in [1.54, 1.807) is 24.3 Å². The first kappa shape index (κ1) is 14.6. The number of azo groups is 1. The van der Waals surface area contributed by atoms with Gasteiger partial charge in [0.2, 0.25) is 11.9 Å². The smallest absolute Gasteiger partial charge is 0.232 e. The van der Waals surface area contributed by atoms with Crippen LogP contribution in [0.5, 0.6) is 0 Å². The largest absolute Gasteiger partial charge is 0.369 e. The zero-order valence-corrected chi connectivity index (χ0v) is 9.61. The molecule has 8 N–H and O–H groups in total. The summed E-state index contributed by atoms with van der Waals surface area (Å²) in [6.45, 7) is 0. The fourth-order valence-electron chi connectivity index (χ4n) is 0.843. The van der Waals surface area contributed by atoms with Gasteiger partial charge in [-0.2, -0.15) is 0 Å². The average Bonchev–Trinajstić information content (AvgIpc) is 2.25. The molecule has 0 aliphatic heterocycles. The van der Waals surface area contributed by atoms with Crippen LogP contribution in [0.3, 0.4) is 0 Å². The van der Waals surface area contributed by atoms with E-state index in [1.165, 1.54) is 0 Å². The van der Waals surface area contributed by atoms with Gasteiger partial charge in [-0.25, -0.2) is 0 Å². The zero-order chi connectivity index (χ0) is 12.0. The highest BCUT2D eigenvalue weighted by atomic mass is 35.5. The minimum atomic E-state index is -0.345. The van der Waals surface area contributed by atoms with Crippen LogP contribution in [0.4, 0.5) is 11.4 Å². The Morgan fingerprint density at radius 2 is 1.71 bits per heavy atom. The molecule has 0 aliphatic rings. The number of hydrogen-bond donors (Lipinski definition) is 5. The van der Waals surface area contributed by atoms with Gasteiger partial charge >= 0.3 is 0 Å². The third-order valence-corrected chi connectivity index (χ3v) is 1.45. The Morgan fingerprint density at radius 3 is 2.18 bits per heavy atom. The second-order valence-electron chi connectivity index (χ2n) is 2.78. The molecular weight excluding hydrogens is 244 g/mol. The maximum absolute atomic E-state index is 6.86. The van der Waals surface area contributed by atoms with Crippen molar-refractivity contribution in [2.24, 2.45) is 32.5 Å². The Bertz CT molecular complexity index is 420. The second kappa shape index (κ2) is 7.01. The molecule has 17 heavy (non-hydrogen) atoms. The lowest BCUT2D eigenvalue weighted by Crippen LogP contribution is -2.23. The Morgan fingerprint density at radius 1 is 1.12 bits per heavy atom. The lowest BCUT2D eigenvalue weighted by Gasteiger charge is -2.00. The van der Waals surface area contributed by atoms with Gasteiger partial charge in [-0.15, -0.1) is 27.7 Å². The van der Waals surface area contributed by atoms with Gasteiger partial charge in [0.1, 0.15) is 0 Å². The predicted molar refractivity (Wildman–Crippen MR) is 69.6 cm³/mol. The number of guanidine groups is 2. The summed E-state index contributed by atoms with van der Waals surface area (Å²) in [5.41, 5.74) is 19.2. The lowest BCUT2D eigenvalue weighted by molar-refractivity contribution is 1.21. The van der Waals surface area contributed by atoms with E-state index in [4.69, 9.17) is 22.6 Å². The second-order valence-corrected chi connectivity index (χ2v) is 2.78. The molecule has 0 fully saturated rings. The molecular formula is C8H13ClN8. The van der Waals surface area contributed by atoms with Gasteiger partial charge < -0.3 is 17.2 Å². The summed E-state index contributed by atoms with van der Waals surface area (Å²) in [5.74, 6) is -0.400. The molecule has 0 aliphatic carbocycles. The van der Waals surface area contributed by atoms with Crippen LogP contribution in [-0.4, -0.2) is 11.9 Å². The van der Waals surface area contributed by atoms with Crippen LogP contribution >= 0.6 is 12.4 Å². The van der Waals surface area contributed by atoms with Crippen molar-refractivity contribution in [2.75, 3.05) is 5.43 Å². The minimum absolute atomic E-state index is 0. The molecule has 0 aromatic heterocycles. The van der Waals surface area contributed by atoms with Gasteiger partial charge in [0.25, 0.3) is 0 Å². The summed E-state index contributed by atoms with van der Waals surface area (Å²) in [4.78, 5) is 0. The highest BCUT2D eigenvalue weighted by molar-refractivity contribution is 5.85. The summed E-state index contributed by atoms with van der Waals surface area (Å²) >= 11 is 0. The Balaban J connectivity index is 0.00000256. The Kier molecular flexibility index (Phi) is 6.04. The molecule has 0 saturated carbocycles. The van der Waals surface area contributed by atoms with Crippen molar-refractivity contribution in [1.29, 1.82) is 5.41 Å². The van der Waals surface area contributed by atoms with Crippen LogP contribution in [0.1, 0.15) is 0 Å². The summed E-state index contributed by atoms with van der Waals surface area (Å²) < 4.78 is 0. The van der Waals surface area contributed by atoms with E-state index in [-0.39, 0.29) is 24.3 Å². The molecule has 8 nitrogen and oxygen atoms in total. The summed E-state index contributed by atoms with van der Waals surface area (Å²) in [5, 5.41) is 17.6. The minimum Gasteiger partial charge on any atom is -0.369 e. The van der Waals surface area contributed by atoms with E-state index < -0.39 is 0 Å². The van der Waals surface area contributed by atoms with E-state index in [0.717, 1.165) is 0 Å². The molecule has 92 valence electrons. The third kappa shape index (κ3) is 5.95. The van der Waals surface area contributed by atoms with Crippen LogP contribution < -0.4 is 22.6 Å². The molecule has 9 heteroatoms. The van der Waals surface area contributed by atoms with Crippen molar-refractivity contribution in [3.8, 4) is 0 Å². The van der Waals surface area contributed by atoms with Gasteiger partial charge in [-0.05, 0) is 24.3 Å². The number of rotatable bonds is 3. The number of nitrogens with two attached hydrogens (primary N) is 3. The normalized spacial score (nSPS) is 9.41. The molecule has 0 spiro atoms. The summed E-state index contributed by atoms with van der Waals surface area (Å²) in [6, 6.07) is 6.77. The Labute approximate surface area is 104 Å².